The van der Waals surface area contributed by atoms with Crippen LogP contribution in [0.3, 0.4) is 0 Å². The van der Waals surface area contributed by atoms with E-state index in [-0.39, 0.29) is 5.03 Å². The minimum absolute atomic E-state index is 0.383. The molecule has 0 aliphatic carbocycles. The number of rotatable bonds is 3. The van der Waals surface area contributed by atoms with Gasteiger partial charge in [-0.05, 0) is 0 Å². The number of carboxylic acids is 2. The summed E-state index contributed by atoms with van der Waals surface area (Å²) in [5, 5.41) is 15.3. The zero-order valence-electron chi connectivity index (χ0n) is 5.17. The molecule has 0 aliphatic heterocycles. The minimum atomic E-state index is -1.43. The lowest BCUT2D eigenvalue weighted by atomic mass is 10.4. The zero-order valence-corrected chi connectivity index (χ0v) is 6.69. The molecule has 0 saturated carbocycles. The summed E-state index contributed by atoms with van der Waals surface area (Å²) in [4.78, 5) is 20.0. The van der Waals surface area contributed by atoms with E-state index < -0.39 is 23.4 Å². The third-order valence-corrected chi connectivity index (χ3v) is 1.54. The molecule has 0 amide bonds. The molecule has 0 fully saturated rings. The van der Waals surface area contributed by atoms with E-state index in [0.717, 1.165) is 0 Å². The van der Waals surface area contributed by atoms with Crippen LogP contribution in [0.2, 0.25) is 0 Å². The molecular formula is C5H4Cl2O4. The van der Waals surface area contributed by atoms with Crippen LogP contribution in [0.5, 0.6) is 0 Å². The highest BCUT2D eigenvalue weighted by Gasteiger charge is 2.12. The van der Waals surface area contributed by atoms with Crippen LogP contribution in [-0.2, 0) is 9.59 Å². The second kappa shape index (κ2) is 4.20. The highest BCUT2D eigenvalue weighted by Crippen LogP contribution is 2.17. The predicted octanol–water partition coefficient (Wildman–Crippen LogP) is 1.23. The minimum Gasteiger partial charge on any atom is -0.481 e. The van der Waals surface area contributed by atoms with Crippen molar-refractivity contribution in [1.29, 1.82) is 0 Å². The summed E-state index contributed by atoms with van der Waals surface area (Å²) in [5.74, 6) is -2.66. The molecule has 0 saturated heterocycles. The Morgan fingerprint density at radius 2 is 1.64 bits per heavy atom. The average molecular weight is 199 g/mol. The van der Waals surface area contributed by atoms with Gasteiger partial charge in [-0.1, -0.05) is 23.2 Å². The standard InChI is InChI=1S/C5H4Cl2O4/c6-2(1-3(8)9)4(7)5(10)11/h1H2,(H,8,9)(H,10,11). The molecule has 0 unspecified atom stereocenters. The number of hydrogen-bond donors (Lipinski definition) is 2. The van der Waals surface area contributed by atoms with E-state index in [1.807, 2.05) is 0 Å². The summed E-state index contributed by atoms with van der Waals surface area (Å²) in [6, 6.07) is 0. The van der Waals surface area contributed by atoms with E-state index in [9.17, 15) is 9.59 Å². The van der Waals surface area contributed by atoms with Gasteiger partial charge in [-0.2, -0.15) is 0 Å². The molecule has 0 aromatic rings. The van der Waals surface area contributed by atoms with Gasteiger partial charge >= 0.3 is 11.9 Å². The first kappa shape index (κ1) is 10.3. The van der Waals surface area contributed by atoms with Crippen LogP contribution in [-0.4, -0.2) is 22.2 Å². The fourth-order valence-electron chi connectivity index (χ4n) is 0.326. The second-order valence-electron chi connectivity index (χ2n) is 1.59. The van der Waals surface area contributed by atoms with Crippen molar-refractivity contribution in [2.75, 3.05) is 0 Å². The first-order valence-corrected chi connectivity index (χ1v) is 3.20. The smallest absolute Gasteiger partial charge is 0.348 e. The van der Waals surface area contributed by atoms with Crippen LogP contribution < -0.4 is 0 Å². The highest BCUT2D eigenvalue weighted by molar-refractivity contribution is 6.47. The lowest BCUT2D eigenvalue weighted by molar-refractivity contribution is -0.136. The highest BCUT2D eigenvalue weighted by atomic mass is 35.5. The van der Waals surface area contributed by atoms with E-state index in [2.05, 4.69) is 0 Å². The van der Waals surface area contributed by atoms with Crippen molar-refractivity contribution < 1.29 is 19.8 Å². The summed E-state index contributed by atoms with van der Waals surface area (Å²) in [6.45, 7) is 0. The maximum atomic E-state index is 10.1. The molecule has 0 aliphatic rings. The molecule has 2 N–H and O–H groups in total. The van der Waals surface area contributed by atoms with Gasteiger partial charge in [0.2, 0.25) is 0 Å². The number of hydrogen-bond acceptors (Lipinski definition) is 2. The van der Waals surface area contributed by atoms with Crippen LogP contribution in [0.1, 0.15) is 6.42 Å². The lowest BCUT2D eigenvalue weighted by Crippen LogP contribution is -2.00. The van der Waals surface area contributed by atoms with Crippen LogP contribution >= 0.6 is 23.2 Å². The second-order valence-corrected chi connectivity index (χ2v) is 2.43. The first-order valence-electron chi connectivity index (χ1n) is 2.44. The molecule has 0 heterocycles. The molecule has 0 rings (SSSR count). The molecule has 11 heavy (non-hydrogen) atoms. The van der Waals surface area contributed by atoms with Gasteiger partial charge in [0.15, 0.2) is 0 Å². The maximum Gasteiger partial charge on any atom is 0.348 e. The quantitative estimate of drug-likeness (QED) is 0.670. The van der Waals surface area contributed by atoms with Gasteiger partial charge in [-0.25, -0.2) is 4.79 Å². The van der Waals surface area contributed by atoms with Crippen molar-refractivity contribution in [3.63, 3.8) is 0 Å². The molecule has 0 radical (unpaired) electrons. The molecule has 0 aromatic heterocycles. The van der Waals surface area contributed by atoms with Crippen molar-refractivity contribution in [2.24, 2.45) is 0 Å². The molecule has 0 bridgehead atoms. The normalized spacial score (nSPS) is 12.2. The molecule has 62 valence electrons. The number of carbonyl (C=O) groups is 2. The number of halogens is 2. The maximum absolute atomic E-state index is 10.1. The Bertz CT molecular complexity index is 221. The van der Waals surface area contributed by atoms with Gasteiger partial charge in [0, 0.05) is 0 Å². The zero-order chi connectivity index (χ0) is 9.02. The van der Waals surface area contributed by atoms with E-state index in [1.54, 1.807) is 0 Å². The Labute approximate surface area is 72.0 Å². The van der Waals surface area contributed by atoms with Crippen LogP contribution in [0.25, 0.3) is 0 Å². The van der Waals surface area contributed by atoms with Crippen molar-refractivity contribution in [3.8, 4) is 0 Å². The first-order chi connectivity index (χ1) is 4.95. The Morgan fingerprint density at radius 1 is 1.18 bits per heavy atom. The fourth-order valence-corrected chi connectivity index (χ4v) is 0.588. The van der Waals surface area contributed by atoms with E-state index in [0.29, 0.717) is 0 Å². The van der Waals surface area contributed by atoms with Gasteiger partial charge in [0.1, 0.15) is 5.03 Å². The number of aliphatic carboxylic acids is 2. The monoisotopic (exact) mass is 198 g/mol. The Balaban J connectivity index is 4.40. The van der Waals surface area contributed by atoms with E-state index in [4.69, 9.17) is 33.4 Å². The van der Waals surface area contributed by atoms with E-state index >= 15 is 0 Å². The van der Waals surface area contributed by atoms with Gasteiger partial charge in [-0.15, -0.1) is 0 Å². The summed E-state index contributed by atoms with van der Waals surface area (Å²) in [6.07, 6.45) is -0.577. The van der Waals surface area contributed by atoms with Gasteiger partial charge in [0.25, 0.3) is 0 Å². The van der Waals surface area contributed by atoms with Crippen LogP contribution in [0, 0.1) is 0 Å². The van der Waals surface area contributed by atoms with Crippen molar-refractivity contribution >= 4 is 35.1 Å². The summed E-state index contributed by atoms with van der Waals surface area (Å²) >= 11 is 10.3. The van der Waals surface area contributed by atoms with E-state index in [1.165, 1.54) is 0 Å². The van der Waals surface area contributed by atoms with Gasteiger partial charge < -0.3 is 10.2 Å². The Morgan fingerprint density at radius 3 is 1.91 bits per heavy atom. The molecule has 0 atom stereocenters. The molecule has 6 heteroatoms. The topological polar surface area (TPSA) is 74.6 Å². The third kappa shape index (κ3) is 3.85. The number of carboxylic acid groups (broad SMARTS) is 2. The van der Waals surface area contributed by atoms with Crippen molar-refractivity contribution in [3.05, 3.63) is 10.1 Å². The van der Waals surface area contributed by atoms with Gasteiger partial charge in [0.05, 0.1) is 11.5 Å². The molecule has 4 nitrogen and oxygen atoms in total. The molecule has 0 aromatic carbocycles. The van der Waals surface area contributed by atoms with Crippen LogP contribution in [0.4, 0.5) is 0 Å². The van der Waals surface area contributed by atoms with Crippen LogP contribution in [0.15, 0.2) is 10.1 Å². The Kier molecular flexibility index (Phi) is 3.92. The predicted molar refractivity (Wildman–Crippen MR) is 38.6 cm³/mol. The summed E-state index contributed by atoms with van der Waals surface area (Å²) in [7, 11) is 0. The Hall–Kier alpha value is -0.740. The molecular weight excluding hydrogens is 195 g/mol. The third-order valence-electron chi connectivity index (χ3n) is 0.732. The van der Waals surface area contributed by atoms with Gasteiger partial charge in [-0.3, -0.25) is 4.79 Å². The summed E-state index contributed by atoms with van der Waals surface area (Å²) in [5.41, 5.74) is 0. The fraction of sp³-hybridized carbons (Fsp3) is 0.200. The molecule has 0 spiro atoms. The van der Waals surface area contributed by atoms with Crippen molar-refractivity contribution in [2.45, 2.75) is 6.42 Å². The lowest BCUT2D eigenvalue weighted by Gasteiger charge is -1.94. The average Bonchev–Trinajstić information content (AvgIpc) is 1.84. The van der Waals surface area contributed by atoms with Crippen molar-refractivity contribution in [1.82, 2.24) is 0 Å². The summed E-state index contributed by atoms with van der Waals surface area (Å²) < 4.78 is 0. The SMILES string of the molecule is O=C(O)CC(Cl)=C(Cl)C(=O)O. The largest absolute Gasteiger partial charge is 0.481 e.